The molecule has 0 unspecified atom stereocenters. The molecule has 0 aliphatic rings. The van der Waals surface area contributed by atoms with Gasteiger partial charge in [0.2, 0.25) is 5.88 Å². The van der Waals surface area contributed by atoms with Crippen molar-refractivity contribution in [1.82, 2.24) is 19.6 Å². The Morgan fingerprint density at radius 3 is 3.05 bits per heavy atom. The zero-order chi connectivity index (χ0) is 14.1. The molecule has 0 saturated carbocycles. The average Bonchev–Trinajstić information content (AvgIpc) is 2.80. The van der Waals surface area contributed by atoms with Crippen LogP contribution in [0, 0.1) is 0 Å². The first-order valence-electron chi connectivity index (χ1n) is 5.76. The fourth-order valence-electron chi connectivity index (χ4n) is 1.75. The number of hydrogen-bond donors (Lipinski definition) is 2. The molecule has 0 bridgehead atoms. The number of aromatic nitrogens is 4. The number of benzene rings is 1. The van der Waals surface area contributed by atoms with Crippen molar-refractivity contribution in [2.24, 2.45) is 5.73 Å². The highest BCUT2D eigenvalue weighted by atomic mass is 35.5. The number of nitrogens with zero attached hydrogens (tertiary/aromatic N) is 3. The summed E-state index contributed by atoms with van der Waals surface area (Å²) < 4.78 is 6.93. The van der Waals surface area contributed by atoms with Gasteiger partial charge in [0.15, 0.2) is 5.65 Å². The van der Waals surface area contributed by atoms with Crippen LogP contribution in [0.5, 0.6) is 11.6 Å². The molecule has 2 heterocycles. The van der Waals surface area contributed by atoms with E-state index in [-0.39, 0.29) is 5.69 Å². The first kappa shape index (κ1) is 12.6. The number of nitrogens with two attached hydrogens (primary N) is 1. The number of nitrogens with one attached hydrogen (secondary N) is 1. The minimum Gasteiger partial charge on any atom is -0.438 e. The minimum absolute atomic E-state index is 0.300. The van der Waals surface area contributed by atoms with E-state index in [0.29, 0.717) is 28.8 Å². The lowest BCUT2D eigenvalue weighted by Gasteiger charge is -2.09. The van der Waals surface area contributed by atoms with Gasteiger partial charge in [0.25, 0.3) is 0 Å². The smallest absolute Gasteiger partial charge is 0.348 e. The summed E-state index contributed by atoms with van der Waals surface area (Å²) in [6.45, 7) is 0.316. The minimum atomic E-state index is -0.357. The van der Waals surface area contributed by atoms with Crippen LogP contribution < -0.4 is 16.2 Å². The van der Waals surface area contributed by atoms with Crippen LogP contribution >= 0.6 is 11.6 Å². The molecule has 0 spiro atoms. The second-order valence-electron chi connectivity index (χ2n) is 4.04. The molecular weight excluding hydrogens is 282 g/mol. The van der Waals surface area contributed by atoms with Crippen molar-refractivity contribution in [3.05, 3.63) is 51.7 Å². The van der Waals surface area contributed by atoms with Crippen LogP contribution in [0.4, 0.5) is 0 Å². The van der Waals surface area contributed by atoms with Crippen molar-refractivity contribution in [3.8, 4) is 11.6 Å². The fraction of sp³-hybridized carbons (Fsp3) is 0.0833. The van der Waals surface area contributed by atoms with Crippen LogP contribution in [-0.4, -0.2) is 19.6 Å². The molecule has 2 aromatic heterocycles. The van der Waals surface area contributed by atoms with Gasteiger partial charge in [0.05, 0.1) is 0 Å². The highest BCUT2D eigenvalue weighted by molar-refractivity contribution is 6.30. The quantitative estimate of drug-likeness (QED) is 0.758. The lowest BCUT2D eigenvalue weighted by molar-refractivity contribution is 0.456. The number of H-pyrrole nitrogens is 1. The summed E-state index contributed by atoms with van der Waals surface area (Å²) >= 11 is 5.93. The zero-order valence-corrected chi connectivity index (χ0v) is 11.0. The van der Waals surface area contributed by atoms with E-state index in [4.69, 9.17) is 22.1 Å². The summed E-state index contributed by atoms with van der Waals surface area (Å²) in [6.07, 6.45) is 1.34. The summed E-state index contributed by atoms with van der Waals surface area (Å²) in [4.78, 5) is 15.4. The van der Waals surface area contributed by atoms with Gasteiger partial charge in [-0.15, -0.1) is 0 Å². The van der Waals surface area contributed by atoms with Crippen molar-refractivity contribution >= 4 is 17.2 Å². The normalized spacial score (nSPS) is 10.9. The standard InChI is InChI=1S/C12H10ClN5O2/c13-8-2-1-7(5-14)9(3-8)20-11-4-10-16-17-12(19)18(10)6-15-11/h1-4,6H,5,14H2,(H,17,19). The number of rotatable bonds is 3. The summed E-state index contributed by atoms with van der Waals surface area (Å²) in [7, 11) is 0. The number of hydrogen-bond acceptors (Lipinski definition) is 5. The molecule has 0 saturated heterocycles. The Morgan fingerprint density at radius 2 is 2.25 bits per heavy atom. The maximum atomic E-state index is 11.3. The Labute approximate surface area is 118 Å². The van der Waals surface area contributed by atoms with Crippen molar-refractivity contribution in [1.29, 1.82) is 0 Å². The van der Waals surface area contributed by atoms with Crippen LogP contribution in [0.2, 0.25) is 5.02 Å². The van der Waals surface area contributed by atoms with E-state index < -0.39 is 0 Å². The maximum Gasteiger partial charge on any atom is 0.348 e. The van der Waals surface area contributed by atoms with Crippen LogP contribution in [0.1, 0.15) is 5.56 Å². The van der Waals surface area contributed by atoms with E-state index in [2.05, 4.69) is 15.2 Å². The fourth-order valence-corrected chi connectivity index (χ4v) is 1.92. The van der Waals surface area contributed by atoms with E-state index >= 15 is 0 Å². The Morgan fingerprint density at radius 1 is 1.40 bits per heavy atom. The van der Waals surface area contributed by atoms with Crippen LogP contribution in [0.3, 0.4) is 0 Å². The van der Waals surface area contributed by atoms with Crippen molar-refractivity contribution in [3.63, 3.8) is 0 Å². The largest absolute Gasteiger partial charge is 0.438 e. The number of aromatic amines is 1. The van der Waals surface area contributed by atoms with Gasteiger partial charge in [-0.1, -0.05) is 17.7 Å². The van der Waals surface area contributed by atoms with E-state index in [0.717, 1.165) is 5.56 Å². The zero-order valence-electron chi connectivity index (χ0n) is 10.2. The van der Waals surface area contributed by atoms with Crippen LogP contribution in [0.15, 0.2) is 35.4 Å². The second-order valence-corrected chi connectivity index (χ2v) is 4.48. The van der Waals surface area contributed by atoms with Crippen molar-refractivity contribution in [2.75, 3.05) is 0 Å². The monoisotopic (exact) mass is 291 g/mol. The molecule has 102 valence electrons. The number of ether oxygens (including phenoxy) is 1. The molecule has 0 aliphatic carbocycles. The Bertz CT molecular complexity index is 826. The molecule has 1 aromatic carbocycles. The molecule has 0 amide bonds. The van der Waals surface area contributed by atoms with E-state index in [1.165, 1.54) is 10.7 Å². The summed E-state index contributed by atoms with van der Waals surface area (Å²) in [5.74, 6) is 0.822. The second kappa shape index (κ2) is 4.95. The molecule has 0 aliphatic heterocycles. The topological polar surface area (TPSA) is 98.3 Å². The van der Waals surface area contributed by atoms with Crippen molar-refractivity contribution in [2.45, 2.75) is 6.54 Å². The Balaban J connectivity index is 2.00. The lowest BCUT2D eigenvalue weighted by atomic mass is 10.2. The van der Waals surface area contributed by atoms with E-state index in [9.17, 15) is 4.79 Å². The summed E-state index contributed by atoms with van der Waals surface area (Å²) in [6, 6.07) is 6.72. The van der Waals surface area contributed by atoms with Crippen LogP contribution in [0.25, 0.3) is 5.65 Å². The lowest BCUT2D eigenvalue weighted by Crippen LogP contribution is -2.09. The molecule has 0 fully saturated rings. The molecule has 0 radical (unpaired) electrons. The summed E-state index contributed by atoms with van der Waals surface area (Å²) in [5, 5.41) is 6.69. The van der Waals surface area contributed by atoms with Gasteiger partial charge < -0.3 is 10.5 Å². The molecule has 20 heavy (non-hydrogen) atoms. The van der Waals surface area contributed by atoms with Gasteiger partial charge in [0.1, 0.15) is 12.1 Å². The van der Waals surface area contributed by atoms with Gasteiger partial charge in [-0.05, 0) is 12.1 Å². The number of halogens is 1. The Hall–Kier alpha value is -2.38. The van der Waals surface area contributed by atoms with Gasteiger partial charge in [-0.3, -0.25) is 0 Å². The molecule has 7 nitrogen and oxygen atoms in total. The third kappa shape index (κ3) is 2.24. The summed E-state index contributed by atoms with van der Waals surface area (Å²) in [5.41, 5.74) is 6.50. The van der Waals surface area contributed by atoms with E-state index in [1.807, 2.05) is 0 Å². The third-order valence-electron chi connectivity index (χ3n) is 2.75. The van der Waals surface area contributed by atoms with E-state index in [1.54, 1.807) is 24.3 Å². The number of fused-ring (bicyclic) bond motifs is 1. The Kier molecular flexibility index (Phi) is 3.13. The van der Waals surface area contributed by atoms with Gasteiger partial charge in [-0.2, -0.15) is 5.10 Å². The molecule has 3 rings (SSSR count). The first-order chi connectivity index (χ1) is 9.67. The van der Waals surface area contributed by atoms with Crippen LogP contribution in [-0.2, 0) is 6.54 Å². The highest BCUT2D eigenvalue weighted by Crippen LogP contribution is 2.27. The molecular formula is C12H10ClN5O2. The molecule has 0 atom stereocenters. The third-order valence-corrected chi connectivity index (χ3v) is 2.98. The van der Waals surface area contributed by atoms with Gasteiger partial charge >= 0.3 is 5.69 Å². The predicted octanol–water partition coefficient (Wildman–Crippen LogP) is 1.32. The molecule has 3 aromatic rings. The van der Waals surface area contributed by atoms with Crippen molar-refractivity contribution < 1.29 is 4.74 Å². The SMILES string of the molecule is NCc1ccc(Cl)cc1Oc1cc2n[nH]c(=O)n2cn1. The highest BCUT2D eigenvalue weighted by Gasteiger charge is 2.08. The maximum absolute atomic E-state index is 11.3. The van der Waals surface area contributed by atoms with Gasteiger partial charge in [0, 0.05) is 23.2 Å². The average molecular weight is 292 g/mol. The first-order valence-corrected chi connectivity index (χ1v) is 6.14. The predicted molar refractivity (Wildman–Crippen MR) is 73.0 cm³/mol. The molecule has 8 heteroatoms. The van der Waals surface area contributed by atoms with Gasteiger partial charge in [-0.25, -0.2) is 19.3 Å². The molecule has 3 N–H and O–H groups in total.